The molecule has 0 aromatic carbocycles. The van der Waals surface area contributed by atoms with Gasteiger partial charge >= 0.3 is 0 Å². The average Bonchev–Trinajstić information content (AvgIpc) is 3.30. The van der Waals surface area contributed by atoms with Crippen molar-refractivity contribution in [1.82, 2.24) is 21.2 Å². The molecule has 0 radical (unpaired) electrons. The normalized spacial score (nSPS) is 27.5. The first kappa shape index (κ1) is 16.8. The Labute approximate surface area is 151 Å². The second-order valence-electron chi connectivity index (χ2n) is 7.08. The molecule has 2 aromatic heterocycles. The number of hydrogen-bond acceptors (Lipinski definition) is 6. The minimum absolute atomic E-state index is 0.108. The SMILES string of the molecule is Cc1cc(C#N)cnc1C(=O)NC1CCC2NNC(c3ccoc3)C2C1. The molecule has 3 N–H and O–H groups in total. The summed E-state index contributed by atoms with van der Waals surface area (Å²) in [5.74, 6) is 0.218. The molecule has 7 nitrogen and oxygen atoms in total. The van der Waals surface area contributed by atoms with Crippen molar-refractivity contribution in [2.75, 3.05) is 0 Å². The highest BCUT2D eigenvalue weighted by Crippen LogP contribution is 2.38. The maximum Gasteiger partial charge on any atom is 0.270 e. The zero-order chi connectivity index (χ0) is 18.1. The third-order valence-corrected chi connectivity index (χ3v) is 5.41. The summed E-state index contributed by atoms with van der Waals surface area (Å²) in [7, 11) is 0. The molecule has 3 heterocycles. The Kier molecular flexibility index (Phi) is 4.45. The Morgan fingerprint density at radius 3 is 3.04 bits per heavy atom. The van der Waals surface area contributed by atoms with Crippen LogP contribution in [-0.2, 0) is 0 Å². The van der Waals surface area contributed by atoms with Crippen molar-refractivity contribution in [2.24, 2.45) is 5.92 Å². The largest absolute Gasteiger partial charge is 0.472 e. The topological polar surface area (TPSA) is 103 Å². The summed E-state index contributed by atoms with van der Waals surface area (Å²) in [5, 5.41) is 12.1. The van der Waals surface area contributed by atoms with Gasteiger partial charge in [0.05, 0.1) is 24.1 Å². The fraction of sp³-hybridized carbons (Fsp3) is 0.421. The predicted molar refractivity (Wildman–Crippen MR) is 93.8 cm³/mol. The lowest BCUT2D eigenvalue weighted by molar-refractivity contribution is 0.0909. The fourth-order valence-electron chi connectivity index (χ4n) is 4.10. The van der Waals surface area contributed by atoms with Crippen molar-refractivity contribution in [3.8, 4) is 6.07 Å². The second kappa shape index (κ2) is 6.90. The second-order valence-corrected chi connectivity index (χ2v) is 7.08. The molecule has 1 aliphatic heterocycles. The highest BCUT2D eigenvalue weighted by Gasteiger charge is 2.41. The number of rotatable bonds is 3. The first-order valence-electron chi connectivity index (χ1n) is 8.86. The summed E-state index contributed by atoms with van der Waals surface area (Å²) in [6.45, 7) is 1.80. The molecule has 4 unspecified atom stereocenters. The van der Waals surface area contributed by atoms with Crippen molar-refractivity contribution < 1.29 is 9.21 Å². The zero-order valence-corrected chi connectivity index (χ0v) is 14.5. The van der Waals surface area contributed by atoms with Gasteiger partial charge in [-0.2, -0.15) is 5.26 Å². The third kappa shape index (κ3) is 3.09. The summed E-state index contributed by atoms with van der Waals surface area (Å²) >= 11 is 0. The van der Waals surface area contributed by atoms with Gasteiger partial charge in [-0.05, 0) is 49.8 Å². The van der Waals surface area contributed by atoms with E-state index in [1.54, 1.807) is 25.5 Å². The summed E-state index contributed by atoms with van der Waals surface area (Å²) in [5.41, 5.74) is 9.44. The number of pyridine rings is 1. The van der Waals surface area contributed by atoms with Gasteiger partial charge in [0.25, 0.3) is 5.91 Å². The van der Waals surface area contributed by atoms with E-state index in [0.717, 1.165) is 30.4 Å². The van der Waals surface area contributed by atoms with Crippen LogP contribution in [0.2, 0.25) is 0 Å². The van der Waals surface area contributed by atoms with Crippen molar-refractivity contribution in [2.45, 2.75) is 44.3 Å². The van der Waals surface area contributed by atoms with Crippen molar-refractivity contribution in [3.63, 3.8) is 0 Å². The molecule has 2 aromatic rings. The first-order valence-corrected chi connectivity index (χ1v) is 8.86. The summed E-state index contributed by atoms with van der Waals surface area (Å²) in [4.78, 5) is 16.8. The molecule has 1 amide bonds. The number of nitrogens with one attached hydrogen (secondary N) is 3. The van der Waals surface area contributed by atoms with Crippen LogP contribution in [0.4, 0.5) is 0 Å². The molecule has 0 spiro atoms. The van der Waals surface area contributed by atoms with Gasteiger partial charge in [-0.1, -0.05) is 0 Å². The molecule has 4 atom stereocenters. The van der Waals surface area contributed by atoms with Crippen LogP contribution in [-0.4, -0.2) is 23.0 Å². The lowest BCUT2D eigenvalue weighted by Gasteiger charge is -2.33. The van der Waals surface area contributed by atoms with E-state index in [1.807, 2.05) is 12.1 Å². The molecule has 1 saturated carbocycles. The maximum absolute atomic E-state index is 12.6. The van der Waals surface area contributed by atoms with Crippen LogP contribution in [0.25, 0.3) is 0 Å². The van der Waals surface area contributed by atoms with Crippen LogP contribution in [0.3, 0.4) is 0 Å². The van der Waals surface area contributed by atoms with Gasteiger partial charge in [0, 0.05) is 23.8 Å². The monoisotopic (exact) mass is 351 g/mol. The minimum Gasteiger partial charge on any atom is -0.472 e. The summed E-state index contributed by atoms with van der Waals surface area (Å²) < 4.78 is 5.22. The number of carbonyl (C=O) groups excluding carboxylic acids is 1. The Bertz CT molecular complexity index is 842. The molecule has 26 heavy (non-hydrogen) atoms. The van der Waals surface area contributed by atoms with Gasteiger partial charge in [0.1, 0.15) is 11.8 Å². The maximum atomic E-state index is 12.6. The van der Waals surface area contributed by atoms with Crippen LogP contribution in [0.5, 0.6) is 0 Å². The molecule has 1 saturated heterocycles. The van der Waals surface area contributed by atoms with Crippen molar-refractivity contribution in [3.05, 3.63) is 53.2 Å². The van der Waals surface area contributed by atoms with E-state index in [0.29, 0.717) is 23.2 Å². The first-order chi connectivity index (χ1) is 12.7. The lowest BCUT2D eigenvalue weighted by Crippen LogP contribution is -2.44. The molecule has 1 aliphatic carbocycles. The number of nitriles is 1. The van der Waals surface area contributed by atoms with Crippen molar-refractivity contribution >= 4 is 5.91 Å². The molecule has 2 fully saturated rings. The molecule has 7 heteroatoms. The number of hydrogen-bond donors (Lipinski definition) is 3. The number of hydrazine groups is 1. The van der Waals surface area contributed by atoms with Gasteiger partial charge < -0.3 is 9.73 Å². The number of amides is 1. The lowest BCUT2D eigenvalue weighted by atomic mass is 9.77. The molecular formula is C19H21N5O2. The quantitative estimate of drug-likeness (QED) is 0.781. The smallest absolute Gasteiger partial charge is 0.270 e. The Morgan fingerprint density at radius 2 is 2.31 bits per heavy atom. The van der Waals surface area contributed by atoms with E-state index in [2.05, 4.69) is 21.2 Å². The Balaban J connectivity index is 1.44. The summed E-state index contributed by atoms with van der Waals surface area (Å²) in [6, 6.07) is 6.41. The predicted octanol–water partition coefficient (Wildman–Crippen LogP) is 1.97. The van der Waals surface area contributed by atoms with Gasteiger partial charge in [-0.3, -0.25) is 10.2 Å². The third-order valence-electron chi connectivity index (χ3n) is 5.41. The Morgan fingerprint density at radius 1 is 1.42 bits per heavy atom. The number of furan rings is 1. The van der Waals surface area contributed by atoms with Crippen LogP contribution in [0, 0.1) is 24.2 Å². The van der Waals surface area contributed by atoms with E-state index in [4.69, 9.17) is 9.68 Å². The van der Waals surface area contributed by atoms with Crippen molar-refractivity contribution in [1.29, 1.82) is 5.26 Å². The van der Waals surface area contributed by atoms with E-state index in [-0.39, 0.29) is 18.0 Å². The molecular weight excluding hydrogens is 330 g/mol. The van der Waals surface area contributed by atoms with Crippen LogP contribution in [0.15, 0.2) is 35.3 Å². The average molecular weight is 351 g/mol. The van der Waals surface area contributed by atoms with Crippen LogP contribution < -0.4 is 16.2 Å². The van der Waals surface area contributed by atoms with E-state index >= 15 is 0 Å². The van der Waals surface area contributed by atoms with Crippen LogP contribution >= 0.6 is 0 Å². The highest BCUT2D eigenvalue weighted by atomic mass is 16.3. The van der Waals surface area contributed by atoms with Gasteiger partial charge in [-0.25, -0.2) is 10.4 Å². The molecule has 2 aliphatic rings. The number of carbonyl (C=O) groups is 1. The number of fused-ring (bicyclic) bond motifs is 1. The zero-order valence-electron chi connectivity index (χ0n) is 14.5. The van der Waals surface area contributed by atoms with E-state index in [9.17, 15) is 4.79 Å². The standard InChI is InChI=1S/C19H21N5O2/c1-11-6-12(8-20)9-21-17(11)19(25)22-14-2-3-16-15(7-14)18(24-23-16)13-4-5-26-10-13/h4-6,9-10,14-16,18,23-24H,2-3,7H2,1H3,(H,22,25). The van der Waals surface area contributed by atoms with E-state index < -0.39 is 0 Å². The van der Waals surface area contributed by atoms with Gasteiger partial charge in [-0.15, -0.1) is 0 Å². The number of aryl methyl sites for hydroxylation is 1. The highest BCUT2D eigenvalue weighted by molar-refractivity contribution is 5.93. The molecule has 134 valence electrons. The minimum atomic E-state index is -0.172. The van der Waals surface area contributed by atoms with E-state index in [1.165, 1.54) is 6.20 Å². The Hall–Kier alpha value is -2.69. The summed E-state index contributed by atoms with van der Waals surface area (Å²) in [6.07, 6.45) is 7.71. The van der Waals surface area contributed by atoms with Crippen LogP contribution in [0.1, 0.15) is 52.5 Å². The van der Waals surface area contributed by atoms with Gasteiger partial charge in [0.2, 0.25) is 0 Å². The molecule has 4 rings (SSSR count). The number of nitrogens with zero attached hydrogens (tertiary/aromatic N) is 2. The molecule has 0 bridgehead atoms. The van der Waals surface area contributed by atoms with Gasteiger partial charge in [0.15, 0.2) is 0 Å². The fourth-order valence-corrected chi connectivity index (χ4v) is 4.10. The number of aromatic nitrogens is 1.